The lowest BCUT2D eigenvalue weighted by Crippen LogP contribution is -2.36. The predicted octanol–water partition coefficient (Wildman–Crippen LogP) is 2.41. The lowest BCUT2D eigenvalue weighted by atomic mass is 10.1. The third-order valence-electron chi connectivity index (χ3n) is 2.37. The van der Waals surface area contributed by atoms with Gasteiger partial charge in [0.05, 0.1) is 13.2 Å². The zero-order chi connectivity index (χ0) is 12.7. The van der Waals surface area contributed by atoms with Crippen LogP contribution in [0.15, 0.2) is 36.9 Å². The molecule has 0 aliphatic rings. The predicted molar refractivity (Wildman–Crippen MR) is 75.3 cm³/mol. The van der Waals surface area contributed by atoms with E-state index in [0.29, 0.717) is 11.7 Å². The zero-order valence-electron chi connectivity index (χ0n) is 10.2. The first-order chi connectivity index (χ1) is 8.17. The summed E-state index contributed by atoms with van der Waals surface area (Å²) in [5.41, 5.74) is 1.16. The van der Waals surface area contributed by atoms with Crippen molar-refractivity contribution >= 4 is 17.3 Å². The molecule has 1 unspecified atom stereocenters. The standard InChI is InChI=1S/C13H18N2OS/c1-4-9-14-13(17)15-10(2)11-5-7-12(16-3)8-6-11/h4-8,10H,1,9H2,2-3H3,(H2,14,15,17). The molecule has 92 valence electrons. The maximum absolute atomic E-state index is 5.15. The molecule has 0 heterocycles. The third kappa shape index (κ3) is 4.44. The summed E-state index contributed by atoms with van der Waals surface area (Å²) in [6.07, 6.45) is 1.77. The molecule has 2 N–H and O–H groups in total. The third-order valence-corrected chi connectivity index (χ3v) is 2.63. The Kier molecular flexibility index (Phi) is 5.49. The van der Waals surface area contributed by atoms with Gasteiger partial charge in [-0.2, -0.15) is 0 Å². The highest BCUT2D eigenvalue weighted by Crippen LogP contribution is 2.16. The Hall–Kier alpha value is -1.55. The molecule has 0 aliphatic carbocycles. The molecule has 1 atom stereocenters. The van der Waals surface area contributed by atoms with Crippen molar-refractivity contribution in [1.29, 1.82) is 0 Å². The van der Waals surface area contributed by atoms with Crippen molar-refractivity contribution in [3.05, 3.63) is 42.5 Å². The quantitative estimate of drug-likeness (QED) is 0.621. The lowest BCUT2D eigenvalue weighted by molar-refractivity contribution is 0.414. The topological polar surface area (TPSA) is 33.3 Å². The van der Waals surface area contributed by atoms with Gasteiger partial charge in [-0.3, -0.25) is 0 Å². The molecule has 17 heavy (non-hydrogen) atoms. The summed E-state index contributed by atoms with van der Waals surface area (Å²) < 4.78 is 5.11. The lowest BCUT2D eigenvalue weighted by Gasteiger charge is -2.17. The van der Waals surface area contributed by atoms with E-state index in [2.05, 4.69) is 24.1 Å². The van der Waals surface area contributed by atoms with Crippen LogP contribution in [-0.4, -0.2) is 18.8 Å². The van der Waals surface area contributed by atoms with Crippen molar-refractivity contribution < 1.29 is 4.74 Å². The molecule has 0 amide bonds. The van der Waals surface area contributed by atoms with Gasteiger partial charge in [-0.25, -0.2) is 0 Å². The van der Waals surface area contributed by atoms with Crippen molar-refractivity contribution in [3.63, 3.8) is 0 Å². The number of methoxy groups -OCH3 is 1. The van der Waals surface area contributed by atoms with Gasteiger partial charge in [-0.15, -0.1) is 6.58 Å². The minimum atomic E-state index is 0.158. The van der Waals surface area contributed by atoms with Crippen molar-refractivity contribution in [2.24, 2.45) is 0 Å². The highest BCUT2D eigenvalue weighted by molar-refractivity contribution is 7.80. The SMILES string of the molecule is C=CCNC(=S)NC(C)c1ccc(OC)cc1. The van der Waals surface area contributed by atoms with Gasteiger partial charge >= 0.3 is 0 Å². The van der Waals surface area contributed by atoms with Crippen LogP contribution in [0.2, 0.25) is 0 Å². The van der Waals surface area contributed by atoms with Gasteiger partial charge in [-0.1, -0.05) is 18.2 Å². The summed E-state index contributed by atoms with van der Waals surface area (Å²) in [4.78, 5) is 0. The zero-order valence-corrected chi connectivity index (χ0v) is 11.0. The molecule has 0 saturated carbocycles. The van der Waals surface area contributed by atoms with Crippen LogP contribution >= 0.6 is 12.2 Å². The maximum Gasteiger partial charge on any atom is 0.167 e. The molecule has 0 spiro atoms. The monoisotopic (exact) mass is 250 g/mol. The Bertz CT molecular complexity index is 376. The van der Waals surface area contributed by atoms with Gasteiger partial charge in [0.15, 0.2) is 5.11 Å². The van der Waals surface area contributed by atoms with Crippen LogP contribution < -0.4 is 15.4 Å². The summed E-state index contributed by atoms with van der Waals surface area (Å²) in [7, 11) is 1.66. The molecule has 3 nitrogen and oxygen atoms in total. The molecule has 4 heteroatoms. The van der Waals surface area contributed by atoms with Gasteiger partial charge in [0.2, 0.25) is 0 Å². The summed E-state index contributed by atoms with van der Waals surface area (Å²) in [6, 6.07) is 8.08. The molecule has 0 bridgehead atoms. The van der Waals surface area contributed by atoms with Crippen LogP contribution in [0.4, 0.5) is 0 Å². The van der Waals surface area contributed by atoms with E-state index in [4.69, 9.17) is 17.0 Å². The van der Waals surface area contributed by atoms with Gasteiger partial charge in [0.25, 0.3) is 0 Å². The van der Waals surface area contributed by atoms with E-state index in [-0.39, 0.29) is 6.04 Å². The van der Waals surface area contributed by atoms with Crippen LogP contribution in [0, 0.1) is 0 Å². The summed E-state index contributed by atoms with van der Waals surface area (Å²) >= 11 is 5.15. The molecular formula is C13H18N2OS. The molecule has 0 saturated heterocycles. The fraction of sp³-hybridized carbons (Fsp3) is 0.308. The summed E-state index contributed by atoms with van der Waals surface area (Å²) in [5, 5.41) is 6.87. The first-order valence-corrected chi connectivity index (χ1v) is 5.87. The maximum atomic E-state index is 5.15. The van der Waals surface area contributed by atoms with E-state index >= 15 is 0 Å². The van der Waals surface area contributed by atoms with Crippen molar-refractivity contribution in [1.82, 2.24) is 10.6 Å². The van der Waals surface area contributed by atoms with E-state index in [0.717, 1.165) is 11.3 Å². The minimum Gasteiger partial charge on any atom is -0.497 e. The van der Waals surface area contributed by atoms with E-state index < -0.39 is 0 Å². The van der Waals surface area contributed by atoms with E-state index in [9.17, 15) is 0 Å². The second-order valence-corrected chi connectivity index (χ2v) is 4.05. The van der Waals surface area contributed by atoms with E-state index in [1.165, 1.54) is 0 Å². The van der Waals surface area contributed by atoms with Crippen LogP contribution in [0.3, 0.4) is 0 Å². The Labute approximate surface area is 108 Å². The summed E-state index contributed by atoms with van der Waals surface area (Å²) in [5.74, 6) is 0.855. The molecular weight excluding hydrogens is 232 g/mol. The second-order valence-electron chi connectivity index (χ2n) is 3.64. The number of benzene rings is 1. The number of hydrogen-bond acceptors (Lipinski definition) is 2. The second kappa shape index (κ2) is 6.91. The first-order valence-electron chi connectivity index (χ1n) is 5.46. The van der Waals surface area contributed by atoms with Gasteiger partial charge in [0, 0.05) is 6.54 Å². The van der Waals surface area contributed by atoms with Gasteiger partial charge in [0.1, 0.15) is 5.75 Å². The molecule has 0 aliphatic heterocycles. The van der Waals surface area contributed by atoms with Crippen molar-refractivity contribution in [2.75, 3.05) is 13.7 Å². The van der Waals surface area contributed by atoms with Crippen LogP contribution in [-0.2, 0) is 0 Å². The largest absolute Gasteiger partial charge is 0.497 e. The highest BCUT2D eigenvalue weighted by atomic mass is 32.1. The normalized spacial score (nSPS) is 11.4. The molecule has 0 fully saturated rings. The Morgan fingerprint density at radius 3 is 2.65 bits per heavy atom. The average Bonchev–Trinajstić information content (AvgIpc) is 2.36. The number of thiocarbonyl (C=S) groups is 1. The Balaban J connectivity index is 2.53. The van der Waals surface area contributed by atoms with E-state index in [1.807, 2.05) is 24.3 Å². The molecule has 0 radical (unpaired) electrons. The number of hydrogen-bond donors (Lipinski definition) is 2. The van der Waals surface area contributed by atoms with Crippen LogP contribution in [0.5, 0.6) is 5.75 Å². The van der Waals surface area contributed by atoms with Crippen LogP contribution in [0.25, 0.3) is 0 Å². The van der Waals surface area contributed by atoms with Gasteiger partial charge in [-0.05, 0) is 36.8 Å². The summed E-state index contributed by atoms with van der Waals surface area (Å²) in [6.45, 7) is 6.35. The molecule has 1 rings (SSSR count). The van der Waals surface area contributed by atoms with E-state index in [1.54, 1.807) is 13.2 Å². The van der Waals surface area contributed by atoms with Crippen molar-refractivity contribution in [2.45, 2.75) is 13.0 Å². The molecule has 1 aromatic carbocycles. The molecule has 0 aromatic heterocycles. The molecule has 1 aromatic rings. The Morgan fingerprint density at radius 2 is 2.12 bits per heavy atom. The smallest absolute Gasteiger partial charge is 0.167 e. The Morgan fingerprint density at radius 1 is 1.47 bits per heavy atom. The fourth-order valence-corrected chi connectivity index (χ4v) is 1.65. The number of nitrogens with one attached hydrogen (secondary N) is 2. The number of rotatable bonds is 5. The fourth-order valence-electron chi connectivity index (χ4n) is 1.39. The highest BCUT2D eigenvalue weighted by Gasteiger charge is 2.06. The van der Waals surface area contributed by atoms with Gasteiger partial charge < -0.3 is 15.4 Å². The first kappa shape index (κ1) is 13.5. The minimum absolute atomic E-state index is 0.158. The number of ether oxygens (including phenoxy) is 1. The van der Waals surface area contributed by atoms with Crippen LogP contribution in [0.1, 0.15) is 18.5 Å². The van der Waals surface area contributed by atoms with Crippen molar-refractivity contribution in [3.8, 4) is 5.75 Å². The average molecular weight is 250 g/mol.